The summed E-state index contributed by atoms with van der Waals surface area (Å²) in [5.74, 6) is -0.0593. The van der Waals surface area contributed by atoms with Gasteiger partial charge in [-0.2, -0.15) is 0 Å². The van der Waals surface area contributed by atoms with Crippen molar-refractivity contribution in [1.29, 1.82) is 0 Å². The average molecular weight is 492 g/mol. The van der Waals surface area contributed by atoms with Crippen LogP contribution in [0.1, 0.15) is 38.7 Å². The maximum Gasteiger partial charge on any atom is 0.407 e. The third-order valence-electron chi connectivity index (χ3n) is 4.53. The molecule has 0 aliphatic carbocycles. The Bertz CT molecular complexity index is 819. The van der Waals surface area contributed by atoms with Crippen LogP contribution in [0.5, 0.6) is 5.75 Å². The molecule has 0 fully saturated rings. The monoisotopic (exact) mass is 491 g/mol. The van der Waals surface area contributed by atoms with Crippen molar-refractivity contribution in [3.05, 3.63) is 54.1 Å². The summed E-state index contributed by atoms with van der Waals surface area (Å²) in [6, 6.07) is 7.52. The summed E-state index contributed by atoms with van der Waals surface area (Å²) >= 11 is 0. The van der Waals surface area contributed by atoms with Crippen molar-refractivity contribution in [1.82, 2.24) is 5.32 Å². The highest BCUT2D eigenvalue weighted by Crippen LogP contribution is 2.12. The smallest absolute Gasteiger partial charge is 0.407 e. The molecule has 0 aliphatic heterocycles. The predicted octanol–water partition coefficient (Wildman–Crippen LogP) is 3.76. The number of unbranched alkanes of at least 4 members (excludes halogenated alkanes) is 2. The van der Waals surface area contributed by atoms with Crippen molar-refractivity contribution in [2.75, 3.05) is 46.2 Å². The lowest BCUT2D eigenvalue weighted by atomic mass is 10.1. The number of esters is 2. The van der Waals surface area contributed by atoms with Crippen molar-refractivity contribution in [3.63, 3.8) is 0 Å². The van der Waals surface area contributed by atoms with E-state index in [1.54, 1.807) is 13.8 Å². The van der Waals surface area contributed by atoms with Crippen LogP contribution < -0.4 is 10.1 Å². The van der Waals surface area contributed by atoms with E-state index in [1.165, 1.54) is 0 Å². The van der Waals surface area contributed by atoms with E-state index in [2.05, 4.69) is 18.5 Å². The van der Waals surface area contributed by atoms with Crippen LogP contribution in [0, 0.1) is 0 Å². The number of amides is 1. The summed E-state index contributed by atoms with van der Waals surface area (Å²) in [6.45, 7) is 12.5. The second-order valence-corrected chi connectivity index (χ2v) is 7.81. The molecule has 1 aromatic carbocycles. The molecular weight excluding hydrogens is 454 g/mol. The Morgan fingerprint density at radius 1 is 0.743 bits per heavy atom. The molecule has 9 heteroatoms. The minimum atomic E-state index is -0.493. The first-order chi connectivity index (χ1) is 16.8. The van der Waals surface area contributed by atoms with Crippen LogP contribution in [0.2, 0.25) is 0 Å². The van der Waals surface area contributed by atoms with Crippen LogP contribution in [0.3, 0.4) is 0 Å². The molecule has 9 nitrogen and oxygen atoms in total. The number of carbonyl (C=O) groups is 3. The van der Waals surface area contributed by atoms with Gasteiger partial charge in [0, 0.05) is 24.1 Å². The first kappa shape index (κ1) is 29.7. The molecule has 0 aliphatic rings. The highest BCUT2D eigenvalue weighted by molar-refractivity contribution is 5.87. The van der Waals surface area contributed by atoms with E-state index in [1.807, 2.05) is 24.3 Å². The van der Waals surface area contributed by atoms with E-state index in [9.17, 15) is 14.4 Å². The SMILES string of the molecule is C=C(C)C(=O)OCCCCCNC(=O)OCCOCCOc1ccc(CCOC(=O)C(=C)C)cc1. The van der Waals surface area contributed by atoms with E-state index in [0.717, 1.165) is 24.8 Å². The summed E-state index contributed by atoms with van der Waals surface area (Å²) in [5.41, 5.74) is 1.80. The maximum absolute atomic E-state index is 11.6. The van der Waals surface area contributed by atoms with E-state index in [-0.39, 0.29) is 25.2 Å². The van der Waals surface area contributed by atoms with Crippen LogP contribution in [-0.4, -0.2) is 64.2 Å². The molecule has 35 heavy (non-hydrogen) atoms. The van der Waals surface area contributed by atoms with Crippen LogP contribution in [0.15, 0.2) is 48.6 Å². The van der Waals surface area contributed by atoms with Gasteiger partial charge < -0.3 is 29.0 Å². The number of alkyl carbamates (subject to hydrolysis) is 1. The second kappa shape index (κ2) is 18.1. The maximum atomic E-state index is 11.6. The van der Waals surface area contributed by atoms with Gasteiger partial charge in [-0.3, -0.25) is 0 Å². The summed E-state index contributed by atoms with van der Waals surface area (Å²) in [5, 5.41) is 2.66. The number of hydrogen-bond donors (Lipinski definition) is 1. The first-order valence-electron chi connectivity index (χ1n) is 11.6. The van der Waals surface area contributed by atoms with E-state index in [4.69, 9.17) is 23.7 Å². The molecular formula is C26H37NO8. The van der Waals surface area contributed by atoms with Gasteiger partial charge in [-0.25, -0.2) is 14.4 Å². The number of nitrogens with one attached hydrogen (secondary N) is 1. The van der Waals surface area contributed by atoms with Crippen molar-refractivity contribution in [3.8, 4) is 5.75 Å². The first-order valence-corrected chi connectivity index (χ1v) is 11.6. The molecule has 0 saturated carbocycles. The van der Waals surface area contributed by atoms with Gasteiger partial charge in [-0.15, -0.1) is 0 Å². The van der Waals surface area contributed by atoms with Crippen molar-refractivity contribution >= 4 is 18.0 Å². The van der Waals surface area contributed by atoms with Gasteiger partial charge in [0.15, 0.2) is 0 Å². The lowest BCUT2D eigenvalue weighted by molar-refractivity contribution is -0.139. The fourth-order valence-corrected chi connectivity index (χ4v) is 2.58. The van der Waals surface area contributed by atoms with Gasteiger partial charge in [-0.05, 0) is 50.8 Å². The number of rotatable bonds is 18. The molecule has 0 spiro atoms. The van der Waals surface area contributed by atoms with E-state index >= 15 is 0 Å². The van der Waals surface area contributed by atoms with Crippen molar-refractivity contribution < 1.29 is 38.1 Å². The number of benzene rings is 1. The Morgan fingerprint density at radius 2 is 1.37 bits per heavy atom. The zero-order valence-corrected chi connectivity index (χ0v) is 20.8. The molecule has 0 aromatic heterocycles. The minimum Gasteiger partial charge on any atom is -0.491 e. The number of hydrogen-bond acceptors (Lipinski definition) is 8. The summed E-state index contributed by atoms with van der Waals surface area (Å²) in [4.78, 5) is 34.2. The minimum absolute atomic E-state index is 0.146. The summed E-state index contributed by atoms with van der Waals surface area (Å²) < 4.78 is 26.1. The molecule has 1 aromatic rings. The Balaban J connectivity index is 1.96. The lowest BCUT2D eigenvalue weighted by Gasteiger charge is -2.09. The zero-order chi connectivity index (χ0) is 25.9. The highest BCUT2D eigenvalue weighted by Gasteiger charge is 2.05. The van der Waals surface area contributed by atoms with Gasteiger partial charge in [0.05, 0.1) is 26.4 Å². The third-order valence-corrected chi connectivity index (χ3v) is 4.53. The molecule has 1 amide bonds. The van der Waals surface area contributed by atoms with Gasteiger partial charge in [0.25, 0.3) is 0 Å². The van der Waals surface area contributed by atoms with Gasteiger partial charge in [-0.1, -0.05) is 25.3 Å². The Morgan fingerprint density at radius 3 is 2.03 bits per heavy atom. The second-order valence-electron chi connectivity index (χ2n) is 7.81. The molecule has 0 saturated heterocycles. The molecule has 194 valence electrons. The lowest BCUT2D eigenvalue weighted by Crippen LogP contribution is -2.26. The van der Waals surface area contributed by atoms with Crippen molar-refractivity contribution in [2.45, 2.75) is 39.5 Å². The Labute approximate surface area is 207 Å². The normalized spacial score (nSPS) is 10.2. The Kier molecular flexibility index (Phi) is 15.3. The molecule has 0 radical (unpaired) electrons. The van der Waals surface area contributed by atoms with Gasteiger partial charge in [0.1, 0.15) is 19.0 Å². The molecule has 0 bridgehead atoms. The van der Waals surface area contributed by atoms with Gasteiger partial charge in [0.2, 0.25) is 0 Å². The third kappa shape index (κ3) is 15.2. The largest absolute Gasteiger partial charge is 0.491 e. The standard InChI is InChI=1S/C26H37NO8/c1-20(2)24(28)33-14-7-5-6-13-27-26(30)35-19-17-31-16-18-32-23-10-8-22(9-11-23)12-15-34-25(29)21(3)4/h8-11H,1,3,5-7,12-19H2,2,4H3,(H,27,30). The molecule has 0 heterocycles. The topological polar surface area (TPSA) is 109 Å². The summed E-state index contributed by atoms with van der Waals surface area (Å²) in [6.07, 6.45) is 2.43. The fourth-order valence-electron chi connectivity index (χ4n) is 2.58. The molecule has 1 N–H and O–H groups in total. The molecule has 0 atom stereocenters. The van der Waals surface area contributed by atoms with Gasteiger partial charge >= 0.3 is 18.0 Å². The van der Waals surface area contributed by atoms with Crippen molar-refractivity contribution in [2.24, 2.45) is 0 Å². The Hall–Kier alpha value is -3.33. The highest BCUT2D eigenvalue weighted by atomic mass is 16.6. The predicted molar refractivity (Wildman–Crippen MR) is 131 cm³/mol. The van der Waals surface area contributed by atoms with Crippen LogP contribution in [-0.2, 0) is 35.0 Å². The quantitative estimate of drug-likeness (QED) is 0.143. The van der Waals surface area contributed by atoms with Crippen LogP contribution >= 0.6 is 0 Å². The molecule has 0 unspecified atom stereocenters. The van der Waals surface area contributed by atoms with Crippen LogP contribution in [0.4, 0.5) is 4.79 Å². The van der Waals surface area contributed by atoms with E-state index < -0.39 is 6.09 Å². The zero-order valence-electron chi connectivity index (χ0n) is 20.8. The van der Waals surface area contributed by atoms with E-state index in [0.29, 0.717) is 56.3 Å². The summed E-state index contributed by atoms with van der Waals surface area (Å²) in [7, 11) is 0. The van der Waals surface area contributed by atoms with Crippen LogP contribution in [0.25, 0.3) is 0 Å². The number of carbonyl (C=O) groups excluding carboxylic acids is 3. The number of ether oxygens (including phenoxy) is 5. The fraction of sp³-hybridized carbons (Fsp3) is 0.500. The molecule has 1 rings (SSSR count). The average Bonchev–Trinajstić information content (AvgIpc) is 2.83.